The highest BCUT2D eigenvalue weighted by Crippen LogP contribution is 2.22. The third-order valence-electron chi connectivity index (χ3n) is 2.93. The molecule has 5 heteroatoms. The lowest BCUT2D eigenvalue weighted by molar-refractivity contribution is -0.137. The van der Waals surface area contributed by atoms with E-state index in [9.17, 15) is 4.79 Å². The van der Waals surface area contributed by atoms with Crippen molar-refractivity contribution in [2.24, 2.45) is 5.92 Å². The van der Waals surface area contributed by atoms with Crippen molar-refractivity contribution in [1.29, 1.82) is 0 Å². The molecule has 1 N–H and O–H groups in total. The maximum Gasteiger partial charge on any atom is 0.228 e. The number of amides is 1. The second kappa shape index (κ2) is 5.24. The predicted molar refractivity (Wildman–Crippen MR) is 62.1 cm³/mol. The molecule has 0 spiro atoms. The molecule has 2 heterocycles. The Bertz CT molecular complexity index is 205. The van der Waals surface area contributed by atoms with Crippen LogP contribution in [0.1, 0.15) is 6.42 Å². The van der Waals surface area contributed by atoms with Crippen molar-refractivity contribution in [3.05, 3.63) is 0 Å². The Morgan fingerprint density at radius 3 is 2.64 bits per heavy atom. The zero-order valence-corrected chi connectivity index (χ0v) is 10.00. The summed E-state index contributed by atoms with van der Waals surface area (Å²) >= 11 is 1.96. The number of rotatable bonds is 2. The maximum atomic E-state index is 11.8. The molecule has 0 aromatic carbocycles. The van der Waals surface area contributed by atoms with Gasteiger partial charge < -0.3 is 10.2 Å². The summed E-state index contributed by atoms with van der Waals surface area (Å²) in [6, 6.07) is 0.498. The Kier molecular flexibility index (Phi) is 4.54. The third-order valence-corrected chi connectivity index (χ3v) is 4.08. The van der Waals surface area contributed by atoms with Gasteiger partial charge in [0.05, 0.1) is 5.92 Å². The van der Waals surface area contributed by atoms with Gasteiger partial charge in [0.2, 0.25) is 5.91 Å². The van der Waals surface area contributed by atoms with Crippen molar-refractivity contribution >= 4 is 30.1 Å². The zero-order valence-electron chi connectivity index (χ0n) is 8.36. The first-order chi connectivity index (χ1) is 6.29. The molecule has 3 nitrogen and oxygen atoms in total. The number of thioether (sulfide) groups is 1. The zero-order chi connectivity index (χ0) is 9.26. The second-order valence-corrected chi connectivity index (χ2v) is 4.97. The van der Waals surface area contributed by atoms with Gasteiger partial charge in [-0.1, -0.05) is 0 Å². The lowest BCUT2D eigenvalue weighted by Crippen LogP contribution is -2.53. The van der Waals surface area contributed by atoms with E-state index in [1.165, 1.54) is 12.2 Å². The van der Waals surface area contributed by atoms with Crippen LogP contribution in [0.5, 0.6) is 0 Å². The fourth-order valence-corrected chi connectivity index (χ4v) is 3.03. The highest BCUT2D eigenvalue weighted by Gasteiger charge is 2.31. The van der Waals surface area contributed by atoms with Crippen molar-refractivity contribution in [3.63, 3.8) is 0 Å². The minimum atomic E-state index is 0. The minimum Gasteiger partial charge on any atom is -0.342 e. The molecule has 2 aliphatic rings. The van der Waals surface area contributed by atoms with Crippen LogP contribution in [0.25, 0.3) is 0 Å². The molecular weight excluding hydrogens is 220 g/mol. The average molecular weight is 237 g/mol. The molecule has 2 aliphatic heterocycles. The van der Waals surface area contributed by atoms with Gasteiger partial charge in [-0.3, -0.25) is 4.79 Å². The summed E-state index contributed by atoms with van der Waals surface area (Å²) in [5, 5.41) is 3.13. The summed E-state index contributed by atoms with van der Waals surface area (Å²) < 4.78 is 0. The van der Waals surface area contributed by atoms with E-state index in [-0.39, 0.29) is 18.3 Å². The van der Waals surface area contributed by atoms with Crippen LogP contribution in [0.4, 0.5) is 0 Å². The lowest BCUT2D eigenvalue weighted by atomic mass is 10.0. The topological polar surface area (TPSA) is 32.3 Å². The minimum absolute atomic E-state index is 0. The first kappa shape index (κ1) is 12.1. The summed E-state index contributed by atoms with van der Waals surface area (Å²) in [5.74, 6) is 2.94. The molecule has 82 valence electrons. The molecule has 0 aliphatic carbocycles. The molecule has 2 rings (SSSR count). The van der Waals surface area contributed by atoms with E-state index in [0.29, 0.717) is 11.9 Å². The Morgan fingerprint density at radius 1 is 1.50 bits per heavy atom. The van der Waals surface area contributed by atoms with Crippen LogP contribution < -0.4 is 5.32 Å². The van der Waals surface area contributed by atoms with Crippen LogP contribution in [-0.2, 0) is 4.79 Å². The fourth-order valence-electron chi connectivity index (χ4n) is 1.76. The lowest BCUT2D eigenvalue weighted by Gasteiger charge is -2.33. The molecule has 0 radical (unpaired) electrons. The van der Waals surface area contributed by atoms with Crippen LogP contribution in [-0.4, -0.2) is 48.5 Å². The van der Waals surface area contributed by atoms with E-state index >= 15 is 0 Å². The van der Waals surface area contributed by atoms with Gasteiger partial charge in [-0.2, -0.15) is 11.8 Å². The van der Waals surface area contributed by atoms with E-state index in [1.807, 2.05) is 23.7 Å². The number of nitrogens with zero attached hydrogens (tertiary/aromatic N) is 1. The van der Waals surface area contributed by atoms with Gasteiger partial charge in [-0.05, 0) is 12.2 Å². The Balaban J connectivity index is 0.000000980. The molecule has 14 heavy (non-hydrogen) atoms. The summed E-state index contributed by atoms with van der Waals surface area (Å²) in [4.78, 5) is 13.8. The van der Waals surface area contributed by atoms with Crippen LogP contribution in [0.3, 0.4) is 0 Å². The van der Waals surface area contributed by atoms with E-state index in [1.54, 1.807) is 0 Å². The van der Waals surface area contributed by atoms with Crippen molar-refractivity contribution in [3.8, 4) is 0 Å². The Hall–Kier alpha value is 0.0700. The van der Waals surface area contributed by atoms with Gasteiger partial charge in [0.25, 0.3) is 0 Å². The molecule has 0 bridgehead atoms. The van der Waals surface area contributed by atoms with Crippen LogP contribution >= 0.6 is 24.2 Å². The van der Waals surface area contributed by atoms with E-state index in [4.69, 9.17) is 0 Å². The smallest absolute Gasteiger partial charge is 0.228 e. The number of nitrogens with one attached hydrogen (secondary N) is 1. The highest BCUT2D eigenvalue weighted by molar-refractivity contribution is 7.99. The van der Waals surface area contributed by atoms with Crippen LogP contribution in [0.15, 0.2) is 0 Å². The molecule has 2 saturated heterocycles. The number of carbonyl (C=O) groups excluding carboxylic acids is 1. The first-order valence-electron chi connectivity index (χ1n) is 4.84. The summed E-state index contributed by atoms with van der Waals surface area (Å²) in [6.07, 6.45) is 1.17. The number of hydrogen-bond donors (Lipinski definition) is 1. The van der Waals surface area contributed by atoms with Gasteiger partial charge in [0.15, 0.2) is 0 Å². The molecule has 0 aromatic rings. The van der Waals surface area contributed by atoms with Gasteiger partial charge in [0, 0.05) is 31.9 Å². The summed E-state index contributed by atoms with van der Waals surface area (Å²) in [7, 11) is 1.96. The first-order valence-corrected chi connectivity index (χ1v) is 5.99. The average Bonchev–Trinajstić information content (AvgIpc) is 2.51. The quantitative estimate of drug-likeness (QED) is 0.762. The monoisotopic (exact) mass is 236 g/mol. The van der Waals surface area contributed by atoms with Gasteiger partial charge in [-0.25, -0.2) is 0 Å². The Labute approximate surface area is 95.4 Å². The van der Waals surface area contributed by atoms with Crippen molar-refractivity contribution in [2.75, 3.05) is 31.6 Å². The fraction of sp³-hybridized carbons (Fsp3) is 0.889. The number of carbonyl (C=O) groups is 1. The molecule has 1 atom stereocenters. The number of hydrogen-bond acceptors (Lipinski definition) is 3. The third kappa shape index (κ3) is 2.35. The largest absolute Gasteiger partial charge is 0.342 e. The van der Waals surface area contributed by atoms with Crippen LogP contribution in [0.2, 0.25) is 0 Å². The van der Waals surface area contributed by atoms with Gasteiger partial charge in [-0.15, -0.1) is 12.4 Å². The second-order valence-electron chi connectivity index (χ2n) is 3.82. The van der Waals surface area contributed by atoms with Gasteiger partial charge >= 0.3 is 0 Å². The maximum absolute atomic E-state index is 11.8. The molecule has 2 fully saturated rings. The van der Waals surface area contributed by atoms with E-state index in [0.717, 1.165) is 18.8 Å². The van der Waals surface area contributed by atoms with E-state index < -0.39 is 0 Å². The highest BCUT2D eigenvalue weighted by atomic mass is 35.5. The predicted octanol–water partition coefficient (Wildman–Crippen LogP) is 0.591. The Morgan fingerprint density at radius 2 is 2.21 bits per heavy atom. The molecular formula is C9H17ClN2OS. The normalized spacial score (nSPS) is 26.5. The van der Waals surface area contributed by atoms with Gasteiger partial charge in [0.1, 0.15) is 0 Å². The summed E-state index contributed by atoms with van der Waals surface area (Å²) in [6.45, 7) is 1.76. The summed E-state index contributed by atoms with van der Waals surface area (Å²) in [5.41, 5.74) is 0. The van der Waals surface area contributed by atoms with E-state index in [2.05, 4.69) is 5.32 Å². The van der Waals surface area contributed by atoms with Crippen molar-refractivity contribution < 1.29 is 4.79 Å². The molecule has 0 aromatic heterocycles. The van der Waals surface area contributed by atoms with Crippen molar-refractivity contribution in [1.82, 2.24) is 10.2 Å². The SMILES string of the molecule is CN(C(=O)C1CNC1)C1CCSC1.Cl. The standard InChI is InChI=1S/C9H16N2OS.ClH/c1-11(8-2-3-13-6-8)9(12)7-4-10-5-7;/h7-8,10H,2-6H2,1H3;1H. The molecule has 1 amide bonds. The van der Waals surface area contributed by atoms with Crippen molar-refractivity contribution in [2.45, 2.75) is 12.5 Å². The number of halogens is 1. The molecule has 0 saturated carbocycles. The molecule has 1 unspecified atom stereocenters. The van der Waals surface area contributed by atoms with Crippen LogP contribution in [0, 0.1) is 5.92 Å².